The molecule has 0 unspecified atom stereocenters. The lowest BCUT2D eigenvalue weighted by atomic mass is 9.91. The van der Waals surface area contributed by atoms with Crippen molar-refractivity contribution in [2.24, 2.45) is 0 Å². The molecule has 0 N–H and O–H groups in total. The molecule has 16 heavy (non-hydrogen) atoms. The molecule has 0 atom stereocenters. The molecule has 0 saturated carbocycles. The summed E-state index contributed by atoms with van der Waals surface area (Å²) in [5, 5.41) is 0. The molecule has 0 fully saturated rings. The van der Waals surface area contributed by atoms with Crippen LogP contribution in [0.3, 0.4) is 0 Å². The van der Waals surface area contributed by atoms with E-state index in [0.717, 1.165) is 30.0 Å². The van der Waals surface area contributed by atoms with Crippen LogP contribution in [0.1, 0.15) is 25.2 Å². The van der Waals surface area contributed by atoms with Crippen LogP contribution in [0.4, 0.5) is 5.69 Å². The lowest BCUT2D eigenvalue weighted by Crippen LogP contribution is -2.27. The topological polar surface area (TPSA) is 33.2 Å². The van der Waals surface area contributed by atoms with Gasteiger partial charge in [-0.3, -0.25) is 9.78 Å². The van der Waals surface area contributed by atoms with E-state index < -0.39 is 0 Å². The minimum Gasteiger partial charge on any atom is -0.312 e. The van der Waals surface area contributed by atoms with Crippen molar-refractivity contribution >= 4 is 36.9 Å². The van der Waals surface area contributed by atoms with Crippen LogP contribution < -0.4 is 4.90 Å². The molecule has 0 aromatic carbocycles. The van der Waals surface area contributed by atoms with Crippen molar-refractivity contribution in [2.75, 3.05) is 11.4 Å². The van der Waals surface area contributed by atoms with Gasteiger partial charge in [0.05, 0.1) is 11.4 Å². The zero-order valence-electron chi connectivity index (χ0n) is 9.56. The highest BCUT2D eigenvalue weighted by molar-refractivity contribution is 5.85. The number of aromatic nitrogens is 1. The van der Waals surface area contributed by atoms with Crippen molar-refractivity contribution < 1.29 is 4.79 Å². The minimum absolute atomic E-state index is 0. The van der Waals surface area contributed by atoms with Crippen LogP contribution in [-0.2, 0) is 10.2 Å². The van der Waals surface area contributed by atoms with Crippen molar-refractivity contribution in [2.45, 2.75) is 26.2 Å². The SMILES string of the molecule is Cc1ccc2c(n1)C(C)(C)CN2C=O.Cl.Cl. The summed E-state index contributed by atoms with van der Waals surface area (Å²) >= 11 is 0. The molecule has 0 radical (unpaired) electrons. The predicted octanol–water partition coefficient (Wildman–Crippen LogP) is 2.49. The van der Waals surface area contributed by atoms with Gasteiger partial charge in [-0.05, 0) is 19.1 Å². The van der Waals surface area contributed by atoms with Gasteiger partial charge in [0.2, 0.25) is 6.41 Å². The zero-order chi connectivity index (χ0) is 10.3. The first-order valence-electron chi connectivity index (χ1n) is 4.75. The summed E-state index contributed by atoms with van der Waals surface area (Å²) in [6.07, 6.45) is 0.880. The van der Waals surface area contributed by atoms with E-state index in [4.69, 9.17) is 0 Å². The van der Waals surface area contributed by atoms with E-state index in [0.29, 0.717) is 0 Å². The first-order chi connectivity index (χ1) is 6.54. The van der Waals surface area contributed by atoms with E-state index in [9.17, 15) is 4.79 Å². The lowest BCUT2D eigenvalue weighted by molar-refractivity contribution is -0.107. The Balaban J connectivity index is 0.00000112. The highest BCUT2D eigenvalue weighted by atomic mass is 35.5. The van der Waals surface area contributed by atoms with Crippen molar-refractivity contribution in [3.8, 4) is 0 Å². The normalized spacial score (nSPS) is 15.8. The van der Waals surface area contributed by atoms with Crippen molar-refractivity contribution in [3.63, 3.8) is 0 Å². The fraction of sp³-hybridized carbons (Fsp3) is 0.455. The molecule has 1 aromatic rings. The van der Waals surface area contributed by atoms with Gasteiger partial charge in [0.25, 0.3) is 0 Å². The summed E-state index contributed by atoms with van der Waals surface area (Å²) in [4.78, 5) is 17.1. The fourth-order valence-electron chi connectivity index (χ4n) is 1.96. The first-order valence-corrected chi connectivity index (χ1v) is 4.75. The van der Waals surface area contributed by atoms with Gasteiger partial charge in [-0.2, -0.15) is 0 Å². The monoisotopic (exact) mass is 262 g/mol. The smallest absolute Gasteiger partial charge is 0.214 e. The molecule has 2 rings (SSSR count). The third-order valence-corrected chi connectivity index (χ3v) is 2.66. The van der Waals surface area contributed by atoms with Gasteiger partial charge in [0, 0.05) is 17.7 Å². The minimum atomic E-state index is -0.0255. The van der Waals surface area contributed by atoms with Crippen molar-refractivity contribution in [1.29, 1.82) is 0 Å². The van der Waals surface area contributed by atoms with Gasteiger partial charge < -0.3 is 4.90 Å². The first kappa shape index (κ1) is 15.2. The lowest BCUT2D eigenvalue weighted by Gasteiger charge is -2.16. The van der Waals surface area contributed by atoms with Crippen LogP contribution in [-0.4, -0.2) is 17.9 Å². The number of anilines is 1. The predicted molar refractivity (Wildman–Crippen MR) is 69.9 cm³/mol. The molecule has 1 aliphatic heterocycles. The summed E-state index contributed by atoms with van der Waals surface area (Å²) in [7, 11) is 0. The van der Waals surface area contributed by atoms with Crippen molar-refractivity contribution in [1.82, 2.24) is 4.98 Å². The third kappa shape index (κ3) is 2.30. The number of hydrogen-bond donors (Lipinski definition) is 0. The van der Waals surface area contributed by atoms with Gasteiger partial charge in [-0.25, -0.2) is 0 Å². The Morgan fingerprint density at radius 3 is 2.56 bits per heavy atom. The van der Waals surface area contributed by atoms with E-state index in [-0.39, 0.29) is 30.2 Å². The highest BCUT2D eigenvalue weighted by Gasteiger charge is 2.36. The van der Waals surface area contributed by atoms with Gasteiger partial charge >= 0.3 is 0 Å². The van der Waals surface area contributed by atoms with E-state index in [2.05, 4.69) is 18.8 Å². The van der Waals surface area contributed by atoms with Gasteiger partial charge in [-0.15, -0.1) is 24.8 Å². The molecule has 3 nitrogen and oxygen atoms in total. The molecule has 0 bridgehead atoms. The second kappa shape index (κ2) is 5.02. The Bertz CT molecular complexity index is 394. The number of nitrogens with zero attached hydrogens (tertiary/aromatic N) is 2. The summed E-state index contributed by atoms with van der Waals surface area (Å²) < 4.78 is 0. The maximum absolute atomic E-state index is 10.8. The van der Waals surface area contributed by atoms with Gasteiger partial charge in [-0.1, -0.05) is 13.8 Å². The molecule has 5 heteroatoms. The zero-order valence-corrected chi connectivity index (χ0v) is 11.2. The number of halogens is 2. The van der Waals surface area contributed by atoms with Crippen LogP contribution in [0.15, 0.2) is 12.1 Å². The number of aryl methyl sites for hydroxylation is 1. The van der Waals surface area contributed by atoms with Crippen LogP contribution in [0.25, 0.3) is 0 Å². The molecule has 0 saturated heterocycles. The van der Waals surface area contributed by atoms with Crippen LogP contribution in [0, 0.1) is 6.92 Å². The molecule has 1 aliphatic rings. The third-order valence-electron chi connectivity index (χ3n) is 2.66. The van der Waals surface area contributed by atoms with E-state index in [1.54, 1.807) is 4.90 Å². The Labute approximate surface area is 108 Å². The molecule has 1 aromatic heterocycles. The quantitative estimate of drug-likeness (QED) is 0.729. The standard InChI is InChI=1S/C11H14N2O.2ClH/c1-8-4-5-9-10(12-8)11(2,3)6-13(9)7-14;;/h4-5,7H,6H2,1-3H3;2*1H. The molecule has 0 aliphatic carbocycles. The van der Waals surface area contributed by atoms with E-state index in [1.807, 2.05) is 19.1 Å². The number of rotatable bonds is 1. The molecular weight excluding hydrogens is 247 g/mol. The largest absolute Gasteiger partial charge is 0.312 e. The van der Waals surface area contributed by atoms with Gasteiger partial charge in [0.1, 0.15) is 0 Å². The number of amides is 1. The van der Waals surface area contributed by atoms with Crippen LogP contribution in [0.5, 0.6) is 0 Å². The molecule has 0 spiro atoms. The Morgan fingerprint density at radius 2 is 2.00 bits per heavy atom. The fourth-order valence-corrected chi connectivity index (χ4v) is 1.96. The second-order valence-electron chi connectivity index (χ2n) is 4.44. The maximum atomic E-state index is 10.8. The van der Waals surface area contributed by atoms with Crippen LogP contribution in [0.2, 0.25) is 0 Å². The summed E-state index contributed by atoms with van der Waals surface area (Å²) in [6, 6.07) is 3.91. The van der Waals surface area contributed by atoms with Crippen molar-refractivity contribution in [3.05, 3.63) is 23.5 Å². The highest BCUT2D eigenvalue weighted by Crippen LogP contribution is 2.37. The molecule has 2 heterocycles. The second-order valence-corrected chi connectivity index (χ2v) is 4.44. The van der Waals surface area contributed by atoms with E-state index >= 15 is 0 Å². The Hall–Kier alpha value is -0.800. The molecule has 90 valence electrons. The number of carbonyl (C=O) groups excluding carboxylic acids is 1. The summed E-state index contributed by atoms with van der Waals surface area (Å²) in [5.74, 6) is 0. The summed E-state index contributed by atoms with van der Waals surface area (Å²) in [5.41, 5.74) is 2.96. The van der Waals surface area contributed by atoms with Crippen LogP contribution >= 0.6 is 24.8 Å². The number of hydrogen-bond acceptors (Lipinski definition) is 2. The molecular formula is C11H16Cl2N2O. The average molecular weight is 263 g/mol. The Kier molecular flexibility index (Phi) is 4.77. The number of pyridine rings is 1. The number of fused-ring (bicyclic) bond motifs is 1. The van der Waals surface area contributed by atoms with E-state index in [1.165, 1.54) is 0 Å². The summed E-state index contributed by atoms with van der Waals surface area (Å²) in [6.45, 7) is 6.92. The number of carbonyl (C=O) groups is 1. The van der Waals surface area contributed by atoms with Gasteiger partial charge in [0.15, 0.2) is 0 Å². The Morgan fingerprint density at radius 1 is 1.38 bits per heavy atom. The maximum Gasteiger partial charge on any atom is 0.214 e. The molecule has 1 amide bonds. The average Bonchev–Trinajstić information content (AvgIpc) is 2.38.